The van der Waals surface area contributed by atoms with E-state index in [1.165, 1.54) is 5.56 Å². The predicted molar refractivity (Wildman–Crippen MR) is 105 cm³/mol. The molecular formula is C21H25N3O3. The van der Waals surface area contributed by atoms with E-state index in [0.29, 0.717) is 26.2 Å². The van der Waals surface area contributed by atoms with Crippen LogP contribution in [0.4, 0.5) is 10.5 Å². The van der Waals surface area contributed by atoms with Crippen molar-refractivity contribution in [3.63, 3.8) is 0 Å². The van der Waals surface area contributed by atoms with Gasteiger partial charge in [0.05, 0.1) is 12.7 Å². The highest BCUT2D eigenvalue weighted by molar-refractivity contribution is 5.89. The Balaban J connectivity index is 1.49. The molecule has 0 aliphatic carbocycles. The van der Waals surface area contributed by atoms with Crippen LogP contribution in [-0.2, 0) is 16.0 Å². The van der Waals surface area contributed by atoms with Crippen molar-refractivity contribution in [3.05, 3.63) is 65.7 Å². The highest BCUT2D eigenvalue weighted by Gasteiger charge is 2.22. The molecule has 0 unspecified atom stereocenters. The maximum absolute atomic E-state index is 12.2. The first-order chi connectivity index (χ1) is 13.1. The van der Waals surface area contributed by atoms with Crippen LogP contribution in [0.3, 0.4) is 0 Å². The second-order valence-corrected chi connectivity index (χ2v) is 6.66. The fourth-order valence-corrected chi connectivity index (χ4v) is 3.10. The average molecular weight is 367 g/mol. The summed E-state index contributed by atoms with van der Waals surface area (Å²) in [7, 11) is 0. The largest absolute Gasteiger partial charge is 0.373 e. The van der Waals surface area contributed by atoms with Crippen LogP contribution in [0.5, 0.6) is 0 Å². The van der Waals surface area contributed by atoms with Crippen LogP contribution in [-0.4, -0.2) is 49.2 Å². The van der Waals surface area contributed by atoms with Gasteiger partial charge in [-0.25, -0.2) is 4.79 Å². The van der Waals surface area contributed by atoms with E-state index in [-0.39, 0.29) is 18.0 Å². The lowest BCUT2D eigenvalue weighted by atomic mass is 10.0. The number of carbonyl (C=O) groups excluding carboxylic acids is 2. The van der Waals surface area contributed by atoms with Gasteiger partial charge < -0.3 is 20.3 Å². The van der Waals surface area contributed by atoms with Crippen molar-refractivity contribution >= 4 is 17.6 Å². The van der Waals surface area contributed by atoms with Gasteiger partial charge in [-0.3, -0.25) is 4.79 Å². The summed E-state index contributed by atoms with van der Waals surface area (Å²) in [4.78, 5) is 25.4. The standard InChI is InChI=1S/C21H25N3O3/c1-16(25)24-10-11-27-20(15-24)14-22-21(26)23-19-9-5-8-18(13-19)12-17-6-3-2-4-7-17/h2-9,13,20H,10-12,14-15H2,1H3,(H2,22,23,26)/t20-/m0/s1. The molecule has 0 radical (unpaired) electrons. The van der Waals surface area contributed by atoms with Crippen molar-refractivity contribution in [3.8, 4) is 0 Å². The fraction of sp³-hybridized carbons (Fsp3) is 0.333. The quantitative estimate of drug-likeness (QED) is 0.853. The first-order valence-corrected chi connectivity index (χ1v) is 9.15. The van der Waals surface area contributed by atoms with E-state index in [2.05, 4.69) is 22.8 Å². The summed E-state index contributed by atoms with van der Waals surface area (Å²) in [5.74, 6) is 0.0305. The Hall–Kier alpha value is -2.86. The predicted octanol–water partition coefficient (Wildman–Crippen LogP) is 2.65. The molecule has 1 aliphatic heterocycles. The Morgan fingerprint density at radius 3 is 2.67 bits per heavy atom. The summed E-state index contributed by atoms with van der Waals surface area (Å²) in [6.45, 7) is 3.51. The molecule has 2 aromatic rings. The minimum Gasteiger partial charge on any atom is -0.373 e. The van der Waals surface area contributed by atoms with Crippen LogP contribution < -0.4 is 10.6 Å². The van der Waals surface area contributed by atoms with Crippen molar-refractivity contribution in [2.75, 3.05) is 31.6 Å². The molecule has 1 fully saturated rings. The molecule has 1 atom stereocenters. The van der Waals surface area contributed by atoms with E-state index >= 15 is 0 Å². The number of hydrogen-bond acceptors (Lipinski definition) is 3. The van der Waals surface area contributed by atoms with E-state index in [4.69, 9.17) is 4.74 Å². The van der Waals surface area contributed by atoms with Gasteiger partial charge in [-0.05, 0) is 29.7 Å². The fourth-order valence-electron chi connectivity index (χ4n) is 3.10. The molecule has 0 saturated carbocycles. The first kappa shape index (κ1) is 18.9. The van der Waals surface area contributed by atoms with Gasteiger partial charge in [0.1, 0.15) is 0 Å². The highest BCUT2D eigenvalue weighted by Crippen LogP contribution is 2.14. The molecule has 3 rings (SSSR count). The van der Waals surface area contributed by atoms with Gasteiger partial charge >= 0.3 is 6.03 Å². The smallest absolute Gasteiger partial charge is 0.319 e. The highest BCUT2D eigenvalue weighted by atomic mass is 16.5. The maximum atomic E-state index is 12.2. The third kappa shape index (κ3) is 5.82. The molecule has 2 N–H and O–H groups in total. The third-order valence-electron chi connectivity index (χ3n) is 4.51. The van der Waals surface area contributed by atoms with Crippen molar-refractivity contribution in [1.82, 2.24) is 10.2 Å². The van der Waals surface area contributed by atoms with Crippen LogP contribution >= 0.6 is 0 Å². The van der Waals surface area contributed by atoms with Gasteiger partial charge in [0.2, 0.25) is 5.91 Å². The van der Waals surface area contributed by atoms with Crippen molar-refractivity contribution < 1.29 is 14.3 Å². The van der Waals surface area contributed by atoms with Crippen LogP contribution in [0.25, 0.3) is 0 Å². The zero-order valence-electron chi connectivity index (χ0n) is 15.5. The second kappa shape index (κ2) is 9.19. The topological polar surface area (TPSA) is 70.7 Å². The lowest BCUT2D eigenvalue weighted by molar-refractivity contribution is -0.136. The van der Waals surface area contributed by atoms with E-state index in [1.807, 2.05) is 42.5 Å². The van der Waals surface area contributed by atoms with Crippen LogP contribution in [0.1, 0.15) is 18.1 Å². The number of ether oxygens (including phenoxy) is 1. The summed E-state index contributed by atoms with van der Waals surface area (Å²) >= 11 is 0. The van der Waals surface area contributed by atoms with E-state index in [1.54, 1.807) is 11.8 Å². The third-order valence-corrected chi connectivity index (χ3v) is 4.51. The molecule has 1 aliphatic rings. The van der Waals surface area contributed by atoms with E-state index in [9.17, 15) is 9.59 Å². The molecule has 27 heavy (non-hydrogen) atoms. The molecule has 6 nitrogen and oxygen atoms in total. The average Bonchev–Trinajstić information content (AvgIpc) is 2.68. The van der Waals surface area contributed by atoms with Gasteiger partial charge in [-0.1, -0.05) is 42.5 Å². The SMILES string of the molecule is CC(=O)N1CCO[C@@H](CNC(=O)Nc2cccc(Cc3ccccc3)c2)C1. The van der Waals surface area contributed by atoms with Gasteiger partial charge in [0, 0.05) is 32.2 Å². The van der Waals surface area contributed by atoms with Crippen molar-refractivity contribution in [2.45, 2.75) is 19.4 Å². The number of nitrogens with one attached hydrogen (secondary N) is 2. The Labute approximate surface area is 159 Å². The molecule has 0 aromatic heterocycles. The number of anilines is 1. The molecule has 1 saturated heterocycles. The summed E-state index contributed by atoms with van der Waals surface area (Å²) < 4.78 is 5.61. The Morgan fingerprint density at radius 1 is 1.11 bits per heavy atom. The zero-order valence-corrected chi connectivity index (χ0v) is 15.5. The second-order valence-electron chi connectivity index (χ2n) is 6.66. The minimum absolute atomic E-state index is 0.0305. The zero-order chi connectivity index (χ0) is 19.1. The van der Waals surface area contributed by atoms with E-state index < -0.39 is 0 Å². The summed E-state index contributed by atoms with van der Waals surface area (Å²) in [6.07, 6.45) is 0.632. The number of morpholine rings is 1. The number of carbonyl (C=O) groups is 2. The van der Waals surface area contributed by atoms with Crippen LogP contribution in [0.15, 0.2) is 54.6 Å². The number of amides is 3. The number of rotatable bonds is 5. The monoisotopic (exact) mass is 367 g/mol. The number of urea groups is 1. The first-order valence-electron chi connectivity index (χ1n) is 9.15. The molecular weight excluding hydrogens is 342 g/mol. The normalized spacial score (nSPS) is 16.6. The van der Waals surface area contributed by atoms with Crippen molar-refractivity contribution in [1.29, 1.82) is 0 Å². The molecule has 2 aromatic carbocycles. The molecule has 1 heterocycles. The number of benzene rings is 2. The van der Waals surface area contributed by atoms with Crippen LogP contribution in [0, 0.1) is 0 Å². The van der Waals surface area contributed by atoms with Gasteiger partial charge in [-0.15, -0.1) is 0 Å². The number of nitrogens with zero attached hydrogens (tertiary/aromatic N) is 1. The maximum Gasteiger partial charge on any atom is 0.319 e. The van der Waals surface area contributed by atoms with Crippen LogP contribution in [0.2, 0.25) is 0 Å². The van der Waals surface area contributed by atoms with Crippen molar-refractivity contribution in [2.24, 2.45) is 0 Å². The van der Waals surface area contributed by atoms with Gasteiger partial charge in [-0.2, -0.15) is 0 Å². The summed E-state index contributed by atoms with van der Waals surface area (Å²) in [5.41, 5.74) is 3.10. The molecule has 0 bridgehead atoms. The lowest BCUT2D eigenvalue weighted by Crippen LogP contribution is -2.49. The molecule has 6 heteroatoms. The Morgan fingerprint density at radius 2 is 1.89 bits per heavy atom. The Kier molecular flexibility index (Phi) is 6.44. The molecule has 0 spiro atoms. The lowest BCUT2D eigenvalue weighted by Gasteiger charge is -2.32. The molecule has 3 amide bonds. The number of hydrogen-bond donors (Lipinski definition) is 2. The van der Waals surface area contributed by atoms with Gasteiger partial charge in [0.15, 0.2) is 0 Å². The summed E-state index contributed by atoms with van der Waals surface area (Å²) in [6, 6.07) is 17.7. The summed E-state index contributed by atoms with van der Waals surface area (Å²) in [5, 5.41) is 5.67. The Bertz CT molecular complexity index is 779. The minimum atomic E-state index is -0.282. The van der Waals surface area contributed by atoms with Gasteiger partial charge in [0.25, 0.3) is 0 Å². The molecule has 142 valence electrons. The van der Waals surface area contributed by atoms with E-state index in [0.717, 1.165) is 17.7 Å².